The topological polar surface area (TPSA) is 75.9 Å². The Kier molecular flexibility index (Phi) is 6.94. The Morgan fingerprint density at radius 2 is 1.90 bits per heavy atom. The summed E-state index contributed by atoms with van der Waals surface area (Å²) in [5, 5.41) is 17.4. The van der Waals surface area contributed by atoms with Crippen molar-refractivity contribution in [2.75, 3.05) is 45.9 Å². The molecule has 5 N–H and O–H groups in total. The summed E-state index contributed by atoms with van der Waals surface area (Å²) in [7, 11) is 0. The molecule has 4 fully saturated rings. The molecule has 5 atom stereocenters. The minimum atomic E-state index is 0.0931. The van der Waals surface area contributed by atoms with Gasteiger partial charge in [0, 0.05) is 51.4 Å². The van der Waals surface area contributed by atoms with Gasteiger partial charge in [0.25, 0.3) is 0 Å². The zero-order valence-corrected chi connectivity index (χ0v) is 17.9. The van der Waals surface area contributed by atoms with Gasteiger partial charge in [-0.3, -0.25) is 20.9 Å². The third kappa shape index (κ3) is 5.03. The van der Waals surface area contributed by atoms with Crippen LogP contribution >= 0.6 is 0 Å². The third-order valence-electron chi connectivity index (χ3n) is 7.04. The standard InChI is InChI=1S/C22H37N7O/c1-2-5-17(6-3-1)15-24-21-26-22-25-20-18(16-29(22)27-21)7-4-8-19(20)23-9-10-28-11-13-30-14-12-28/h1-3,5-6,18-27H,4,7-16H2. The van der Waals surface area contributed by atoms with Crippen LogP contribution < -0.4 is 26.7 Å². The van der Waals surface area contributed by atoms with E-state index in [1.165, 1.54) is 24.8 Å². The molecule has 0 bridgehead atoms. The number of hydrazine groups is 1. The molecule has 30 heavy (non-hydrogen) atoms. The minimum Gasteiger partial charge on any atom is -0.379 e. The molecule has 0 amide bonds. The molecule has 3 heterocycles. The van der Waals surface area contributed by atoms with Crippen molar-refractivity contribution in [1.29, 1.82) is 0 Å². The Labute approximate surface area is 180 Å². The second-order valence-electron chi connectivity index (χ2n) is 9.05. The number of hydrogen-bond donors (Lipinski definition) is 5. The first-order valence-corrected chi connectivity index (χ1v) is 11.7. The molecule has 5 unspecified atom stereocenters. The quantitative estimate of drug-likeness (QED) is 0.420. The predicted molar refractivity (Wildman–Crippen MR) is 117 cm³/mol. The van der Waals surface area contributed by atoms with Crippen molar-refractivity contribution in [1.82, 2.24) is 36.6 Å². The van der Waals surface area contributed by atoms with Crippen LogP contribution in [0.1, 0.15) is 24.8 Å². The van der Waals surface area contributed by atoms with E-state index < -0.39 is 0 Å². The maximum Gasteiger partial charge on any atom is 0.129 e. The second-order valence-corrected chi connectivity index (χ2v) is 9.05. The highest BCUT2D eigenvalue weighted by atomic mass is 16.5. The fourth-order valence-corrected chi connectivity index (χ4v) is 5.38. The van der Waals surface area contributed by atoms with Crippen molar-refractivity contribution in [3.63, 3.8) is 0 Å². The van der Waals surface area contributed by atoms with Gasteiger partial charge < -0.3 is 10.1 Å². The first-order chi connectivity index (χ1) is 14.8. The third-order valence-corrected chi connectivity index (χ3v) is 7.04. The predicted octanol–water partition coefficient (Wildman–Crippen LogP) is -0.184. The molecule has 0 aromatic heterocycles. The number of nitrogens with zero attached hydrogens (tertiary/aromatic N) is 2. The Hall–Kier alpha value is -1.10. The van der Waals surface area contributed by atoms with Crippen LogP contribution in [0.25, 0.3) is 0 Å². The van der Waals surface area contributed by atoms with Crippen molar-refractivity contribution < 1.29 is 4.74 Å². The summed E-state index contributed by atoms with van der Waals surface area (Å²) in [6.07, 6.45) is 4.18. The maximum absolute atomic E-state index is 5.46. The molecule has 8 heteroatoms. The summed E-state index contributed by atoms with van der Waals surface area (Å²) in [6, 6.07) is 11.7. The molecule has 1 saturated carbocycles. The van der Waals surface area contributed by atoms with Gasteiger partial charge in [0.15, 0.2) is 0 Å². The first kappa shape index (κ1) is 20.8. The van der Waals surface area contributed by atoms with Gasteiger partial charge in [-0.25, -0.2) is 10.4 Å². The van der Waals surface area contributed by atoms with E-state index in [9.17, 15) is 0 Å². The number of morpholine rings is 1. The summed E-state index contributed by atoms with van der Waals surface area (Å²) < 4.78 is 5.46. The van der Waals surface area contributed by atoms with Gasteiger partial charge in [0.2, 0.25) is 0 Å². The number of nitrogens with one attached hydrogen (secondary N) is 5. The molecule has 5 rings (SSSR count). The summed E-state index contributed by atoms with van der Waals surface area (Å²) in [5.74, 6) is 0.693. The van der Waals surface area contributed by atoms with Crippen LogP contribution in [0.5, 0.6) is 0 Å². The number of benzene rings is 1. The van der Waals surface area contributed by atoms with Gasteiger partial charge >= 0.3 is 0 Å². The zero-order valence-electron chi connectivity index (χ0n) is 17.9. The average molecular weight is 416 g/mol. The van der Waals surface area contributed by atoms with Crippen LogP contribution in [-0.4, -0.2) is 80.5 Å². The number of ether oxygens (including phenoxy) is 1. The van der Waals surface area contributed by atoms with E-state index in [1.54, 1.807) is 0 Å². The summed E-state index contributed by atoms with van der Waals surface area (Å²) in [6.45, 7) is 8.04. The van der Waals surface area contributed by atoms with Crippen molar-refractivity contribution in [3.05, 3.63) is 35.9 Å². The smallest absolute Gasteiger partial charge is 0.129 e. The van der Waals surface area contributed by atoms with E-state index in [0.29, 0.717) is 18.0 Å². The number of fused-ring (bicyclic) bond motifs is 2. The fraction of sp³-hybridized carbons (Fsp3) is 0.727. The van der Waals surface area contributed by atoms with Crippen LogP contribution in [0.15, 0.2) is 30.3 Å². The van der Waals surface area contributed by atoms with Crippen LogP contribution in [0.2, 0.25) is 0 Å². The molecule has 1 aromatic carbocycles. The van der Waals surface area contributed by atoms with Gasteiger partial charge in [-0.1, -0.05) is 36.8 Å². The Morgan fingerprint density at radius 3 is 2.77 bits per heavy atom. The molecule has 1 aliphatic carbocycles. The molecule has 166 valence electrons. The summed E-state index contributed by atoms with van der Waals surface area (Å²) >= 11 is 0. The molecule has 0 spiro atoms. The highest BCUT2D eigenvalue weighted by Gasteiger charge is 2.44. The molecular formula is C22H37N7O. The number of rotatable bonds is 7. The van der Waals surface area contributed by atoms with Crippen LogP contribution in [-0.2, 0) is 11.3 Å². The van der Waals surface area contributed by atoms with E-state index in [0.717, 1.165) is 52.5 Å². The molecule has 1 aromatic rings. The van der Waals surface area contributed by atoms with Crippen LogP contribution in [0.4, 0.5) is 0 Å². The Morgan fingerprint density at radius 1 is 1.03 bits per heavy atom. The lowest BCUT2D eigenvalue weighted by Gasteiger charge is -2.47. The van der Waals surface area contributed by atoms with E-state index in [1.807, 2.05) is 0 Å². The molecule has 4 aliphatic rings. The van der Waals surface area contributed by atoms with E-state index >= 15 is 0 Å². The molecule has 0 radical (unpaired) electrons. The molecule has 3 saturated heterocycles. The Balaban J connectivity index is 1.10. The normalized spacial score (nSPS) is 35.1. The SMILES string of the molecule is c1ccc(CNC2NC3NC4C(CCCC4NCCN4CCOCC4)CN3N2)cc1. The van der Waals surface area contributed by atoms with Crippen molar-refractivity contribution in [2.45, 2.75) is 50.5 Å². The van der Waals surface area contributed by atoms with Crippen molar-refractivity contribution in [2.24, 2.45) is 5.92 Å². The first-order valence-electron chi connectivity index (χ1n) is 11.7. The minimum absolute atomic E-state index is 0.0931. The number of hydrogen-bond acceptors (Lipinski definition) is 8. The fourth-order valence-electron chi connectivity index (χ4n) is 5.38. The van der Waals surface area contributed by atoms with Crippen LogP contribution in [0, 0.1) is 5.92 Å². The molecule has 8 nitrogen and oxygen atoms in total. The highest BCUT2D eigenvalue weighted by Crippen LogP contribution is 2.29. The van der Waals surface area contributed by atoms with E-state index in [2.05, 4.69) is 66.9 Å². The maximum atomic E-state index is 5.46. The van der Waals surface area contributed by atoms with Gasteiger partial charge in [0.05, 0.1) is 13.2 Å². The van der Waals surface area contributed by atoms with Gasteiger partial charge in [-0.15, -0.1) is 0 Å². The second kappa shape index (κ2) is 10.0. The lowest BCUT2D eigenvalue weighted by Crippen LogP contribution is -2.68. The van der Waals surface area contributed by atoms with Gasteiger partial charge in [-0.2, -0.15) is 0 Å². The lowest BCUT2D eigenvalue weighted by atomic mass is 9.79. The summed E-state index contributed by atoms with van der Waals surface area (Å²) in [5.41, 5.74) is 4.91. The van der Waals surface area contributed by atoms with E-state index in [-0.39, 0.29) is 12.6 Å². The molecule has 3 aliphatic heterocycles. The highest BCUT2D eigenvalue weighted by molar-refractivity contribution is 5.14. The Bertz CT molecular complexity index is 656. The average Bonchev–Trinajstić information content (AvgIpc) is 3.20. The lowest BCUT2D eigenvalue weighted by molar-refractivity contribution is 0.0164. The van der Waals surface area contributed by atoms with E-state index in [4.69, 9.17) is 4.74 Å². The monoisotopic (exact) mass is 415 g/mol. The summed E-state index contributed by atoms with van der Waals surface area (Å²) in [4.78, 5) is 2.51. The van der Waals surface area contributed by atoms with Gasteiger partial charge in [-0.05, 0) is 24.3 Å². The molecular weight excluding hydrogens is 378 g/mol. The zero-order chi connectivity index (χ0) is 20.2. The largest absolute Gasteiger partial charge is 0.379 e. The van der Waals surface area contributed by atoms with Crippen LogP contribution in [0.3, 0.4) is 0 Å². The van der Waals surface area contributed by atoms with Crippen molar-refractivity contribution >= 4 is 0 Å². The van der Waals surface area contributed by atoms with Crippen molar-refractivity contribution in [3.8, 4) is 0 Å². The van der Waals surface area contributed by atoms with Gasteiger partial charge in [0.1, 0.15) is 12.6 Å².